The molecule has 1 fully saturated rings. The molecule has 0 saturated carbocycles. The van der Waals surface area contributed by atoms with E-state index in [1.165, 1.54) is 5.56 Å². The number of hydrogen-bond donors (Lipinski definition) is 2. The van der Waals surface area contributed by atoms with Gasteiger partial charge in [-0.3, -0.25) is 10.2 Å². The lowest BCUT2D eigenvalue weighted by molar-refractivity contribution is 0.116. The zero-order valence-electron chi connectivity index (χ0n) is 12.3. The van der Waals surface area contributed by atoms with E-state index in [0.717, 1.165) is 32.5 Å². The highest BCUT2D eigenvalue weighted by Crippen LogP contribution is 2.22. The first kappa shape index (κ1) is 15.1. The van der Waals surface area contributed by atoms with Crippen LogP contribution in [0.4, 0.5) is 0 Å². The number of terminal acetylenes is 1. The SMILES string of the molecule is C#CC(C)NC1(CN)CCCN(Cc2ccccc2)C1. The summed E-state index contributed by atoms with van der Waals surface area (Å²) in [7, 11) is 0. The van der Waals surface area contributed by atoms with Gasteiger partial charge in [-0.15, -0.1) is 6.42 Å². The molecule has 0 aliphatic carbocycles. The van der Waals surface area contributed by atoms with Crippen LogP contribution < -0.4 is 11.1 Å². The van der Waals surface area contributed by atoms with E-state index in [4.69, 9.17) is 12.2 Å². The third kappa shape index (κ3) is 3.83. The lowest BCUT2D eigenvalue weighted by Crippen LogP contribution is -2.62. The average Bonchev–Trinajstić information content (AvgIpc) is 2.48. The fraction of sp³-hybridized carbons (Fsp3) is 0.529. The molecule has 3 nitrogen and oxygen atoms in total. The number of rotatable bonds is 5. The molecule has 108 valence electrons. The molecule has 2 atom stereocenters. The highest BCUT2D eigenvalue weighted by atomic mass is 15.2. The van der Waals surface area contributed by atoms with Gasteiger partial charge < -0.3 is 5.73 Å². The number of likely N-dealkylation sites (tertiary alicyclic amines) is 1. The van der Waals surface area contributed by atoms with Crippen molar-refractivity contribution < 1.29 is 0 Å². The molecule has 2 rings (SSSR count). The Morgan fingerprint density at radius 2 is 2.20 bits per heavy atom. The second-order valence-electron chi connectivity index (χ2n) is 5.82. The smallest absolute Gasteiger partial charge is 0.0663 e. The molecule has 0 aromatic heterocycles. The molecule has 0 amide bonds. The second-order valence-corrected chi connectivity index (χ2v) is 5.82. The second kappa shape index (κ2) is 6.90. The predicted molar refractivity (Wildman–Crippen MR) is 84.2 cm³/mol. The zero-order chi connectivity index (χ0) is 14.4. The van der Waals surface area contributed by atoms with Crippen LogP contribution >= 0.6 is 0 Å². The van der Waals surface area contributed by atoms with Gasteiger partial charge in [-0.1, -0.05) is 36.3 Å². The largest absolute Gasteiger partial charge is 0.329 e. The fourth-order valence-electron chi connectivity index (χ4n) is 3.05. The van der Waals surface area contributed by atoms with Crippen molar-refractivity contribution in [2.45, 2.75) is 37.9 Å². The Hall–Kier alpha value is -1.34. The van der Waals surface area contributed by atoms with Crippen LogP contribution in [0.25, 0.3) is 0 Å². The number of nitrogens with zero attached hydrogens (tertiary/aromatic N) is 1. The highest BCUT2D eigenvalue weighted by Gasteiger charge is 2.34. The zero-order valence-corrected chi connectivity index (χ0v) is 12.3. The lowest BCUT2D eigenvalue weighted by atomic mass is 9.88. The van der Waals surface area contributed by atoms with Crippen molar-refractivity contribution in [3.8, 4) is 12.3 Å². The molecule has 1 saturated heterocycles. The molecule has 2 unspecified atom stereocenters. The number of nitrogens with two attached hydrogens (primary N) is 1. The van der Waals surface area contributed by atoms with Crippen LogP contribution in [0.2, 0.25) is 0 Å². The molecule has 1 aromatic rings. The van der Waals surface area contributed by atoms with Crippen LogP contribution in [0.5, 0.6) is 0 Å². The Labute approximate surface area is 122 Å². The van der Waals surface area contributed by atoms with E-state index in [9.17, 15) is 0 Å². The third-order valence-electron chi connectivity index (χ3n) is 4.07. The van der Waals surface area contributed by atoms with Crippen molar-refractivity contribution >= 4 is 0 Å². The van der Waals surface area contributed by atoms with Gasteiger partial charge in [-0.25, -0.2) is 0 Å². The van der Waals surface area contributed by atoms with Crippen LogP contribution in [0.3, 0.4) is 0 Å². The molecule has 3 N–H and O–H groups in total. The van der Waals surface area contributed by atoms with Gasteiger partial charge in [0.15, 0.2) is 0 Å². The maximum Gasteiger partial charge on any atom is 0.0663 e. The summed E-state index contributed by atoms with van der Waals surface area (Å²) in [5.41, 5.74) is 7.35. The van der Waals surface area contributed by atoms with E-state index >= 15 is 0 Å². The summed E-state index contributed by atoms with van der Waals surface area (Å²) in [6.07, 6.45) is 7.75. The van der Waals surface area contributed by atoms with E-state index in [0.29, 0.717) is 6.54 Å². The van der Waals surface area contributed by atoms with Gasteiger partial charge in [0.05, 0.1) is 6.04 Å². The van der Waals surface area contributed by atoms with Gasteiger partial charge in [-0.2, -0.15) is 0 Å². The lowest BCUT2D eigenvalue weighted by Gasteiger charge is -2.44. The van der Waals surface area contributed by atoms with Crippen LogP contribution in [0.1, 0.15) is 25.3 Å². The maximum absolute atomic E-state index is 6.04. The average molecular weight is 271 g/mol. The van der Waals surface area contributed by atoms with Crippen LogP contribution in [-0.2, 0) is 6.54 Å². The maximum atomic E-state index is 6.04. The Morgan fingerprint density at radius 3 is 2.85 bits per heavy atom. The molecule has 0 bridgehead atoms. The number of benzene rings is 1. The molecule has 1 aliphatic rings. The van der Waals surface area contributed by atoms with Gasteiger partial charge in [0.25, 0.3) is 0 Å². The minimum Gasteiger partial charge on any atom is -0.329 e. The van der Waals surface area contributed by atoms with Crippen molar-refractivity contribution in [2.24, 2.45) is 5.73 Å². The summed E-state index contributed by atoms with van der Waals surface area (Å²) in [4.78, 5) is 2.47. The van der Waals surface area contributed by atoms with Gasteiger partial charge >= 0.3 is 0 Å². The quantitative estimate of drug-likeness (QED) is 0.799. The normalized spacial score (nSPS) is 25.1. The Morgan fingerprint density at radius 1 is 1.45 bits per heavy atom. The molecule has 1 heterocycles. The molecular weight excluding hydrogens is 246 g/mol. The molecule has 1 aromatic carbocycles. The Balaban J connectivity index is 2.01. The molecule has 20 heavy (non-hydrogen) atoms. The first-order valence-electron chi connectivity index (χ1n) is 7.38. The monoisotopic (exact) mass is 271 g/mol. The fourth-order valence-corrected chi connectivity index (χ4v) is 3.05. The Kier molecular flexibility index (Phi) is 5.19. The number of hydrogen-bond acceptors (Lipinski definition) is 3. The topological polar surface area (TPSA) is 41.3 Å². The Bertz CT molecular complexity index is 451. The van der Waals surface area contributed by atoms with E-state index in [-0.39, 0.29) is 11.6 Å². The van der Waals surface area contributed by atoms with Crippen LogP contribution in [-0.4, -0.2) is 36.1 Å². The molecular formula is C17H25N3. The number of piperidine rings is 1. The molecule has 0 spiro atoms. The molecule has 1 aliphatic heterocycles. The van der Waals surface area contributed by atoms with E-state index < -0.39 is 0 Å². The minimum absolute atomic E-state index is 0.0428. The summed E-state index contributed by atoms with van der Waals surface area (Å²) in [6.45, 7) is 5.72. The summed E-state index contributed by atoms with van der Waals surface area (Å²) in [5, 5.41) is 3.54. The third-order valence-corrected chi connectivity index (χ3v) is 4.07. The molecule has 3 heteroatoms. The van der Waals surface area contributed by atoms with Gasteiger partial charge in [0, 0.05) is 25.2 Å². The summed E-state index contributed by atoms with van der Waals surface area (Å²) in [5.74, 6) is 2.75. The van der Waals surface area contributed by atoms with Crippen molar-refractivity contribution in [1.82, 2.24) is 10.2 Å². The molecule has 0 radical (unpaired) electrons. The first-order valence-corrected chi connectivity index (χ1v) is 7.38. The van der Waals surface area contributed by atoms with Crippen LogP contribution in [0.15, 0.2) is 30.3 Å². The van der Waals surface area contributed by atoms with Gasteiger partial charge in [0.2, 0.25) is 0 Å². The summed E-state index contributed by atoms with van der Waals surface area (Å²) < 4.78 is 0. The van der Waals surface area contributed by atoms with Gasteiger partial charge in [0.1, 0.15) is 0 Å². The predicted octanol–water partition coefficient (Wildman–Crippen LogP) is 1.59. The van der Waals surface area contributed by atoms with Gasteiger partial charge in [-0.05, 0) is 31.9 Å². The van der Waals surface area contributed by atoms with E-state index in [2.05, 4.69) is 46.5 Å². The van der Waals surface area contributed by atoms with Crippen molar-refractivity contribution in [1.29, 1.82) is 0 Å². The van der Waals surface area contributed by atoms with E-state index in [1.54, 1.807) is 0 Å². The standard InChI is InChI=1S/C17H25N3/c1-3-15(2)19-17(13-18)10-7-11-20(14-17)12-16-8-5-4-6-9-16/h1,4-6,8-9,15,19H,7,10-14,18H2,2H3. The number of nitrogens with one attached hydrogen (secondary N) is 1. The summed E-state index contributed by atoms with van der Waals surface area (Å²) in [6, 6.07) is 10.7. The van der Waals surface area contributed by atoms with E-state index in [1.807, 2.05) is 6.92 Å². The van der Waals surface area contributed by atoms with Crippen molar-refractivity contribution in [3.63, 3.8) is 0 Å². The highest BCUT2D eigenvalue weighted by molar-refractivity contribution is 5.15. The van der Waals surface area contributed by atoms with Crippen LogP contribution in [0, 0.1) is 12.3 Å². The van der Waals surface area contributed by atoms with Crippen molar-refractivity contribution in [3.05, 3.63) is 35.9 Å². The first-order chi connectivity index (χ1) is 9.67. The summed E-state index contributed by atoms with van der Waals surface area (Å²) >= 11 is 0. The minimum atomic E-state index is -0.0428. The van der Waals surface area contributed by atoms with Crippen molar-refractivity contribution in [2.75, 3.05) is 19.6 Å².